The smallest absolute Gasteiger partial charge is 0.224 e. The summed E-state index contributed by atoms with van der Waals surface area (Å²) in [6.45, 7) is 2.14. The molecule has 0 radical (unpaired) electrons. The van der Waals surface area contributed by atoms with Crippen LogP contribution in [0.1, 0.15) is 19.3 Å². The summed E-state index contributed by atoms with van der Waals surface area (Å²) in [4.78, 5) is 11.9. The number of H-pyrrole nitrogens is 1. The minimum atomic E-state index is 0.0924. The summed E-state index contributed by atoms with van der Waals surface area (Å²) in [7, 11) is 0. The number of amides is 1. The van der Waals surface area contributed by atoms with E-state index in [1.807, 2.05) is 18.2 Å². The third-order valence-electron chi connectivity index (χ3n) is 3.67. The number of carbonyl (C=O) groups excluding carboxylic acids is 1. The first-order chi connectivity index (χ1) is 9.31. The van der Waals surface area contributed by atoms with E-state index in [1.54, 1.807) is 6.20 Å². The monoisotopic (exact) mass is 258 g/mol. The molecule has 1 aromatic carbocycles. The highest BCUT2D eigenvalue weighted by Crippen LogP contribution is 2.18. The maximum atomic E-state index is 11.9. The molecule has 1 saturated heterocycles. The Kier molecular flexibility index (Phi) is 3.46. The fourth-order valence-electron chi connectivity index (χ4n) is 2.54. The van der Waals surface area contributed by atoms with Crippen molar-refractivity contribution in [3.05, 3.63) is 24.4 Å². The van der Waals surface area contributed by atoms with Crippen molar-refractivity contribution in [2.45, 2.75) is 19.3 Å². The third-order valence-corrected chi connectivity index (χ3v) is 3.67. The van der Waals surface area contributed by atoms with Gasteiger partial charge in [-0.15, -0.1) is 0 Å². The van der Waals surface area contributed by atoms with Gasteiger partial charge in [-0.2, -0.15) is 5.10 Å². The van der Waals surface area contributed by atoms with Crippen LogP contribution in [0.25, 0.3) is 10.9 Å². The van der Waals surface area contributed by atoms with Crippen LogP contribution in [0, 0.1) is 5.92 Å². The summed E-state index contributed by atoms with van der Waals surface area (Å²) in [6.07, 6.45) is 4.51. The molecule has 2 aromatic rings. The van der Waals surface area contributed by atoms with Crippen LogP contribution in [0.4, 0.5) is 5.69 Å². The van der Waals surface area contributed by atoms with Crippen LogP contribution in [0.5, 0.6) is 0 Å². The van der Waals surface area contributed by atoms with Gasteiger partial charge in [-0.1, -0.05) is 0 Å². The maximum absolute atomic E-state index is 11.9. The number of benzene rings is 1. The molecule has 100 valence electrons. The molecule has 1 aliphatic heterocycles. The second-order valence-electron chi connectivity index (χ2n) is 5.12. The van der Waals surface area contributed by atoms with Crippen molar-refractivity contribution >= 4 is 22.5 Å². The van der Waals surface area contributed by atoms with Crippen molar-refractivity contribution in [3.8, 4) is 0 Å². The molecule has 1 unspecified atom stereocenters. The predicted molar refractivity (Wildman–Crippen MR) is 74.9 cm³/mol. The predicted octanol–water partition coefficient (Wildman–Crippen LogP) is 1.89. The largest absolute Gasteiger partial charge is 0.326 e. The molecule has 5 nitrogen and oxygen atoms in total. The quantitative estimate of drug-likeness (QED) is 0.784. The summed E-state index contributed by atoms with van der Waals surface area (Å²) in [6, 6.07) is 5.77. The Bertz CT molecular complexity index is 572. The van der Waals surface area contributed by atoms with Crippen LogP contribution in [0.3, 0.4) is 0 Å². The molecule has 0 spiro atoms. The topological polar surface area (TPSA) is 69.8 Å². The van der Waals surface area contributed by atoms with Crippen LogP contribution in [0.2, 0.25) is 0 Å². The molecule has 0 saturated carbocycles. The van der Waals surface area contributed by atoms with E-state index in [0.717, 1.165) is 36.1 Å². The number of nitrogens with one attached hydrogen (secondary N) is 3. The molecule has 3 N–H and O–H groups in total. The van der Waals surface area contributed by atoms with Crippen LogP contribution >= 0.6 is 0 Å². The van der Waals surface area contributed by atoms with Crippen molar-refractivity contribution in [1.29, 1.82) is 0 Å². The van der Waals surface area contributed by atoms with E-state index < -0.39 is 0 Å². The van der Waals surface area contributed by atoms with Crippen molar-refractivity contribution in [1.82, 2.24) is 15.5 Å². The number of aromatic nitrogens is 2. The molecule has 19 heavy (non-hydrogen) atoms. The van der Waals surface area contributed by atoms with Gasteiger partial charge in [-0.3, -0.25) is 9.89 Å². The van der Waals surface area contributed by atoms with E-state index in [2.05, 4.69) is 20.8 Å². The Balaban J connectivity index is 1.55. The minimum absolute atomic E-state index is 0.0924. The van der Waals surface area contributed by atoms with Gasteiger partial charge in [0.2, 0.25) is 5.91 Å². The van der Waals surface area contributed by atoms with Crippen molar-refractivity contribution in [2.75, 3.05) is 18.4 Å². The number of hydrogen-bond acceptors (Lipinski definition) is 3. The fraction of sp³-hybridized carbons (Fsp3) is 0.429. The summed E-state index contributed by atoms with van der Waals surface area (Å²) in [5.74, 6) is 0.747. The summed E-state index contributed by atoms with van der Waals surface area (Å²) >= 11 is 0. The highest BCUT2D eigenvalue weighted by atomic mass is 16.1. The molecular formula is C14H18N4O. The highest BCUT2D eigenvalue weighted by Gasteiger charge is 2.15. The van der Waals surface area contributed by atoms with Crippen molar-refractivity contribution in [2.24, 2.45) is 5.92 Å². The Morgan fingerprint density at radius 1 is 1.47 bits per heavy atom. The molecule has 0 bridgehead atoms. The Labute approximate surface area is 111 Å². The summed E-state index contributed by atoms with van der Waals surface area (Å²) in [5, 5.41) is 14.1. The van der Waals surface area contributed by atoms with Gasteiger partial charge in [0.15, 0.2) is 0 Å². The number of rotatable bonds is 4. The van der Waals surface area contributed by atoms with Crippen molar-refractivity contribution < 1.29 is 4.79 Å². The summed E-state index contributed by atoms with van der Waals surface area (Å²) in [5.41, 5.74) is 1.82. The van der Waals surface area contributed by atoms with Crippen LogP contribution < -0.4 is 10.6 Å². The zero-order valence-electron chi connectivity index (χ0n) is 10.8. The van der Waals surface area contributed by atoms with Gasteiger partial charge in [-0.25, -0.2) is 0 Å². The molecule has 1 fully saturated rings. The average molecular weight is 258 g/mol. The van der Waals surface area contributed by atoms with Gasteiger partial charge in [0.25, 0.3) is 0 Å². The highest BCUT2D eigenvalue weighted by molar-refractivity contribution is 5.93. The zero-order chi connectivity index (χ0) is 13.1. The Morgan fingerprint density at radius 2 is 2.42 bits per heavy atom. The molecule has 1 amide bonds. The normalized spacial score (nSPS) is 18.8. The second-order valence-corrected chi connectivity index (χ2v) is 5.12. The van der Waals surface area contributed by atoms with Crippen LogP contribution in [0.15, 0.2) is 24.4 Å². The minimum Gasteiger partial charge on any atom is -0.326 e. The average Bonchev–Trinajstić information content (AvgIpc) is 3.07. The third kappa shape index (κ3) is 2.93. The van der Waals surface area contributed by atoms with E-state index in [-0.39, 0.29) is 5.91 Å². The zero-order valence-corrected chi connectivity index (χ0v) is 10.8. The lowest BCUT2D eigenvalue weighted by molar-refractivity contribution is -0.116. The number of anilines is 1. The Hall–Kier alpha value is -1.88. The molecular weight excluding hydrogens is 240 g/mol. The SMILES string of the molecule is O=C(CCC1CCNC1)Nc1ccc2[nH]ncc2c1. The Morgan fingerprint density at radius 3 is 3.26 bits per heavy atom. The second kappa shape index (κ2) is 5.40. The molecule has 5 heteroatoms. The number of fused-ring (bicyclic) bond motifs is 1. The van der Waals surface area contributed by atoms with E-state index in [1.165, 1.54) is 6.42 Å². The first kappa shape index (κ1) is 12.2. The van der Waals surface area contributed by atoms with Gasteiger partial charge in [0, 0.05) is 17.5 Å². The molecule has 2 heterocycles. The van der Waals surface area contributed by atoms with Crippen LogP contribution in [-0.4, -0.2) is 29.2 Å². The number of nitrogens with zero attached hydrogens (tertiary/aromatic N) is 1. The molecule has 3 rings (SSSR count). The van der Waals surface area contributed by atoms with Gasteiger partial charge in [0.05, 0.1) is 11.7 Å². The number of carbonyl (C=O) groups is 1. The van der Waals surface area contributed by atoms with Crippen molar-refractivity contribution in [3.63, 3.8) is 0 Å². The van der Waals surface area contributed by atoms with Gasteiger partial charge in [0.1, 0.15) is 0 Å². The lowest BCUT2D eigenvalue weighted by Gasteiger charge is -2.08. The lowest BCUT2D eigenvalue weighted by Crippen LogP contribution is -2.14. The maximum Gasteiger partial charge on any atom is 0.224 e. The molecule has 1 atom stereocenters. The molecule has 0 aliphatic carbocycles. The van der Waals surface area contributed by atoms with Gasteiger partial charge >= 0.3 is 0 Å². The van der Waals surface area contributed by atoms with Gasteiger partial charge in [-0.05, 0) is 50.0 Å². The van der Waals surface area contributed by atoms with Crippen LogP contribution in [-0.2, 0) is 4.79 Å². The molecule has 1 aromatic heterocycles. The van der Waals surface area contributed by atoms with E-state index in [0.29, 0.717) is 12.3 Å². The van der Waals surface area contributed by atoms with E-state index >= 15 is 0 Å². The first-order valence-corrected chi connectivity index (χ1v) is 6.75. The van der Waals surface area contributed by atoms with E-state index in [9.17, 15) is 4.79 Å². The standard InChI is InChI=1S/C14H18N4O/c19-14(4-1-10-5-6-15-8-10)17-12-2-3-13-11(7-12)9-16-18-13/h2-3,7,9-10,15H,1,4-6,8H2,(H,16,18)(H,17,19). The van der Waals surface area contributed by atoms with E-state index in [4.69, 9.17) is 0 Å². The fourth-order valence-corrected chi connectivity index (χ4v) is 2.54. The number of aromatic amines is 1. The molecule has 1 aliphatic rings. The van der Waals surface area contributed by atoms with Gasteiger partial charge < -0.3 is 10.6 Å². The summed E-state index contributed by atoms with van der Waals surface area (Å²) < 4.78 is 0. The number of hydrogen-bond donors (Lipinski definition) is 3. The first-order valence-electron chi connectivity index (χ1n) is 6.75. The lowest BCUT2D eigenvalue weighted by atomic mass is 10.0.